The first-order chi connectivity index (χ1) is 10.6. The molecule has 0 N–H and O–H groups in total. The average molecular weight is 302 g/mol. The zero-order chi connectivity index (χ0) is 15.3. The van der Waals surface area contributed by atoms with E-state index in [4.69, 9.17) is 0 Å². The van der Waals surface area contributed by atoms with E-state index in [1.807, 2.05) is 17.9 Å². The molecular formula is C17H26N4O. The maximum atomic E-state index is 13.0. The van der Waals surface area contributed by atoms with Crippen molar-refractivity contribution < 1.29 is 4.79 Å². The van der Waals surface area contributed by atoms with Crippen molar-refractivity contribution in [3.8, 4) is 0 Å². The van der Waals surface area contributed by atoms with Crippen LogP contribution in [0.3, 0.4) is 0 Å². The molecule has 0 spiro atoms. The number of aryl methyl sites for hydroxylation is 1. The fraction of sp³-hybridized carbons (Fsp3) is 0.765. The highest BCUT2D eigenvalue weighted by Crippen LogP contribution is 2.49. The number of hydrogen-bond acceptors (Lipinski definition) is 3. The molecule has 2 saturated heterocycles. The quantitative estimate of drug-likeness (QED) is 0.852. The summed E-state index contributed by atoms with van der Waals surface area (Å²) in [6, 6.07) is 1.04. The van der Waals surface area contributed by atoms with Crippen LogP contribution in [-0.2, 0) is 11.8 Å². The van der Waals surface area contributed by atoms with Crippen molar-refractivity contribution in [2.75, 3.05) is 20.1 Å². The third kappa shape index (κ3) is 2.35. The molecule has 1 aromatic rings. The number of hydrogen-bond donors (Lipinski definition) is 0. The number of amides is 1. The molecule has 4 unspecified atom stereocenters. The van der Waals surface area contributed by atoms with Gasteiger partial charge in [-0.1, -0.05) is 0 Å². The minimum absolute atomic E-state index is 0.205. The molecular weight excluding hydrogens is 276 g/mol. The number of carbonyl (C=O) groups excluding carboxylic acids is 1. The van der Waals surface area contributed by atoms with Gasteiger partial charge in [-0.15, -0.1) is 0 Å². The van der Waals surface area contributed by atoms with Crippen molar-refractivity contribution in [3.05, 3.63) is 18.0 Å². The topological polar surface area (TPSA) is 41.4 Å². The third-order valence-electron chi connectivity index (χ3n) is 5.86. The minimum Gasteiger partial charge on any atom is -0.338 e. The second-order valence-electron chi connectivity index (χ2n) is 7.33. The van der Waals surface area contributed by atoms with Crippen molar-refractivity contribution in [1.29, 1.82) is 0 Å². The second kappa shape index (κ2) is 5.37. The van der Waals surface area contributed by atoms with Gasteiger partial charge in [0.2, 0.25) is 5.91 Å². The summed E-state index contributed by atoms with van der Waals surface area (Å²) >= 11 is 0. The van der Waals surface area contributed by atoms with E-state index in [0.717, 1.165) is 13.0 Å². The number of likely N-dealkylation sites (N-methyl/N-ethyl adjacent to an activating group) is 1. The van der Waals surface area contributed by atoms with Crippen LogP contribution in [0.15, 0.2) is 12.4 Å². The lowest BCUT2D eigenvalue weighted by atomic mass is 10.0. The number of likely N-dealkylation sites (tertiary alicyclic amines) is 2. The highest BCUT2D eigenvalue weighted by atomic mass is 16.2. The SMILES string of the molecule is CN1CCCC1C1CCCN1C(=O)C1CC1c1cnn(C)c1. The standard InChI is InChI=1S/C17H26N4O/c1-19-7-3-5-15(19)16-6-4-8-21(16)17(22)14-9-13(14)12-10-18-20(2)11-12/h10-11,13-16H,3-9H2,1-2H3. The first-order valence-electron chi connectivity index (χ1n) is 8.64. The van der Waals surface area contributed by atoms with Gasteiger partial charge in [0.25, 0.3) is 0 Å². The summed E-state index contributed by atoms with van der Waals surface area (Å²) in [6.45, 7) is 2.15. The largest absolute Gasteiger partial charge is 0.338 e. The van der Waals surface area contributed by atoms with E-state index in [9.17, 15) is 4.79 Å². The van der Waals surface area contributed by atoms with Crippen LogP contribution in [0.1, 0.15) is 43.6 Å². The van der Waals surface area contributed by atoms with E-state index in [0.29, 0.717) is 23.9 Å². The molecule has 0 aromatic carbocycles. The van der Waals surface area contributed by atoms with E-state index in [1.54, 1.807) is 0 Å². The van der Waals surface area contributed by atoms with Gasteiger partial charge in [0.15, 0.2) is 0 Å². The molecule has 1 aromatic heterocycles. The zero-order valence-corrected chi connectivity index (χ0v) is 13.6. The van der Waals surface area contributed by atoms with Gasteiger partial charge in [0.05, 0.1) is 6.20 Å². The van der Waals surface area contributed by atoms with Crippen LogP contribution in [0.25, 0.3) is 0 Å². The average Bonchev–Trinajstić information content (AvgIpc) is 2.84. The summed E-state index contributed by atoms with van der Waals surface area (Å²) in [4.78, 5) is 17.6. The van der Waals surface area contributed by atoms with Crippen LogP contribution in [-0.4, -0.2) is 57.7 Å². The maximum Gasteiger partial charge on any atom is 0.226 e. The lowest BCUT2D eigenvalue weighted by molar-refractivity contribution is -0.134. The summed E-state index contributed by atoms with van der Waals surface area (Å²) in [6.07, 6.45) is 9.88. The molecule has 5 heteroatoms. The lowest BCUT2D eigenvalue weighted by Gasteiger charge is -2.33. The van der Waals surface area contributed by atoms with E-state index in [2.05, 4.69) is 28.1 Å². The molecule has 3 fully saturated rings. The Labute approximate surface area is 132 Å². The predicted molar refractivity (Wildman–Crippen MR) is 84.4 cm³/mol. The molecule has 5 nitrogen and oxygen atoms in total. The molecule has 0 bridgehead atoms. The van der Waals surface area contributed by atoms with Crippen molar-refractivity contribution in [2.24, 2.45) is 13.0 Å². The van der Waals surface area contributed by atoms with E-state index in [1.165, 1.54) is 37.8 Å². The van der Waals surface area contributed by atoms with Crippen molar-refractivity contribution in [3.63, 3.8) is 0 Å². The summed E-state index contributed by atoms with van der Waals surface area (Å²) in [5.74, 6) is 1.01. The van der Waals surface area contributed by atoms with E-state index in [-0.39, 0.29) is 5.92 Å². The molecule has 4 rings (SSSR count). The molecule has 1 amide bonds. The Kier molecular flexibility index (Phi) is 3.48. The molecule has 3 heterocycles. The molecule has 2 aliphatic heterocycles. The highest BCUT2D eigenvalue weighted by Gasteiger charge is 2.49. The Bertz CT molecular complexity index is 569. The van der Waals surface area contributed by atoms with Crippen molar-refractivity contribution in [2.45, 2.75) is 50.1 Å². The molecule has 3 aliphatic rings. The number of nitrogens with zero attached hydrogens (tertiary/aromatic N) is 4. The lowest BCUT2D eigenvalue weighted by Crippen LogP contribution is -2.47. The van der Waals surface area contributed by atoms with E-state index < -0.39 is 0 Å². The van der Waals surface area contributed by atoms with Gasteiger partial charge in [-0.2, -0.15) is 5.10 Å². The second-order valence-corrected chi connectivity index (χ2v) is 7.33. The zero-order valence-electron chi connectivity index (χ0n) is 13.6. The molecule has 120 valence electrons. The van der Waals surface area contributed by atoms with Gasteiger partial charge < -0.3 is 9.80 Å². The number of rotatable bonds is 3. The maximum absolute atomic E-state index is 13.0. The Morgan fingerprint density at radius 2 is 1.95 bits per heavy atom. The van der Waals surface area contributed by atoms with Gasteiger partial charge in [0, 0.05) is 37.8 Å². The van der Waals surface area contributed by atoms with Crippen molar-refractivity contribution in [1.82, 2.24) is 19.6 Å². The van der Waals surface area contributed by atoms with Crippen molar-refractivity contribution >= 4 is 5.91 Å². The summed E-state index contributed by atoms with van der Waals surface area (Å²) in [7, 11) is 4.16. The van der Waals surface area contributed by atoms with E-state index >= 15 is 0 Å². The fourth-order valence-electron chi connectivity index (χ4n) is 4.57. The molecule has 1 aliphatic carbocycles. The fourth-order valence-corrected chi connectivity index (χ4v) is 4.57. The molecule has 1 saturated carbocycles. The van der Waals surface area contributed by atoms with Gasteiger partial charge in [-0.25, -0.2) is 0 Å². The Balaban J connectivity index is 1.44. The Morgan fingerprint density at radius 1 is 1.18 bits per heavy atom. The third-order valence-corrected chi connectivity index (χ3v) is 5.86. The first kappa shape index (κ1) is 14.2. The highest BCUT2D eigenvalue weighted by molar-refractivity contribution is 5.83. The molecule has 22 heavy (non-hydrogen) atoms. The number of carbonyl (C=O) groups is 1. The normalized spacial score (nSPS) is 35.3. The van der Waals surface area contributed by atoms with Crippen LogP contribution < -0.4 is 0 Å². The van der Waals surface area contributed by atoms with Crippen LogP contribution in [0.4, 0.5) is 0 Å². The number of aromatic nitrogens is 2. The van der Waals surface area contributed by atoms with Gasteiger partial charge in [-0.3, -0.25) is 9.48 Å². The van der Waals surface area contributed by atoms with Crippen LogP contribution >= 0.6 is 0 Å². The monoisotopic (exact) mass is 302 g/mol. The van der Waals surface area contributed by atoms with Crippen LogP contribution in [0.2, 0.25) is 0 Å². The van der Waals surface area contributed by atoms with Gasteiger partial charge >= 0.3 is 0 Å². The van der Waals surface area contributed by atoms with Gasteiger partial charge in [0.1, 0.15) is 0 Å². The summed E-state index contributed by atoms with van der Waals surface area (Å²) in [5.41, 5.74) is 1.23. The predicted octanol–water partition coefficient (Wildman–Crippen LogP) is 1.61. The van der Waals surface area contributed by atoms with Crippen LogP contribution in [0.5, 0.6) is 0 Å². The van der Waals surface area contributed by atoms with Gasteiger partial charge in [-0.05, 0) is 57.2 Å². The molecule has 4 atom stereocenters. The van der Waals surface area contributed by atoms with Crippen LogP contribution in [0, 0.1) is 5.92 Å². The smallest absolute Gasteiger partial charge is 0.226 e. The Morgan fingerprint density at radius 3 is 2.64 bits per heavy atom. The molecule has 0 radical (unpaired) electrons. The summed E-state index contributed by atoms with van der Waals surface area (Å²) < 4.78 is 1.83. The Hall–Kier alpha value is -1.36. The minimum atomic E-state index is 0.205. The first-order valence-corrected chi connectivity index (χ1v) is 8.64. The summed E-state index contributed by atoms with van der Waals surface area (Å²) in [5, 5.41) is 4.24.